The average Bonchev–Trinajstić information content (AvgIpc) is 2.71. The molecule has 2 heteroatoms. The smallest absolute Gasteiger partial charge is 0.0243 e. The van der Waals surface area contributed by atoms with Crippen LogP contribution in [-0.4, -0.2) is 37.1 Å². The largest absolute Gasteiger partial charge is 0.315 e. The quantitative estimate of drug-likeness (QED) is 0.736. The topological polar surface area (TPSA) is 15.3 Å². The normalized spacial score (nSPS) is 23.8. The summed E-state index contributed by atoms with van der Waals surface area (Å²) in [5, 5.41) is 3.63. The molecular weight excluding hydrogens is 208 g/mol. The summed E-state index contributed by atoms with van der Waals surface area (Å²) in [6.07, 6.45) is 2.75. The molecule has 2 unspecified atom stereocenters. The molecule has 0 saturated carbocycles. The molecule has 1 saturated heterocycles. The van der Waals surface area contributed by atoms with Gasteiger partial charge in [-0.1, -0.05) is 41.0 Å². The van der Waals surface area contributed by atoms with Crippen molar-refractivity contribution < 1.29 is 0 Å². The fourth-order valence-electron chi connectivity index (χ4n) is 2.80. The summed E-state index contributed by atoms with van der Waals surface area (Å²) in [6.45, 7) is 16.5. The van der Waals surface area contributed by atoms with Crippen molar-refractivity contribution in [3.63, 3.8) is 0 Å². The molecule has 1 N–H and O–H groups in total. The number of rotatable bonds is 7. The van der Waals surface area contributed by atoms with Gasteiger partial charge in [-0.05, 0) is 37.3 Å². The molecule has 0 aromatic rings. The number of nitrogens with zero attached hydrogens (tertiary/aromatic N) is 1. The van der Waals surface area contributed by atoms with Crippen molar-refractivity contribution in [3.05, 3.63) is 0 Å². The van der Waals surface area contributed by atoms with Crippen molar-refractivity contribution in [1.29, 1.82) is 0 Å². The van der Waals surface area contributed by atoms with Gasteiger partial charge in [-0.15, -0.1) is 0 Å². The summed E-state index contributed by atoms with van der Waals surface area (Å²) in [6, 6.07) is 0.727. The predicted octanol–water partition coefficient (Wildman–Crippen LogP) is 2.99. The van der Waals surface area contributed by atoms with Gasteiger partial charge in [0.1, 0.15) is 0 Å². The highest BCUT2D eigenvalue weighted by Gasteiger charge is 2.28. The van der Waals surface area contributed by atoms with Crippen molar-refractivity contribution in [2.45, 2.75) is 53.5 Å². The summed E-state index contributed by atoms with van der Waals surface area (Å²) in [5.41, 5.74) is 0. The summed E-state index contributed by atoms with van der Waals surface area (Å²) < 4.78 is 0. The van der Waals surface area contributed by atoms with Gasteiger partial charge in [0.25, 0.3) is 0 Å². The molecule has 1 fully saturated rings. The van der Waals surface area contributed by atoms with Crippen LogP contribution >= 0.6 is 0 Å². The molecule has 0 aromatic carbocycles. The van der Waals surface area contributed by atoms with Crippen LogP contribution in [-0.2, 0) is 0 Å². The van der Waals surface area contributed by atoms with Crippen molar-refractivity contribution in [3.8, 4) is 0 Å². The zero-order chi connectivity index (χ0) is 12.8. The molecule has 0 aromatic heterocycles. The van der Waals surface area contributed by atoms with Gasteiger partial charge < -0.3 is 5.32 Å². The van der Waals surface area contributed by atoms with Gasteiger partial charge in [0.15, 0.2) is 0 Å². The van der Waals surface area contributed by atoms with Crippen molar-refractivity contribution in [2.75, 3.05) is 26.2 Å². The molecule has 0 amide bonds. The maximum atomic E-state index is 3.63. The fraction of sp³-hybridized carbons (Fsp3) is 1.00. The molecule has 1 aliphatic rings. The van der Waals surface area contributed by atoms with Crippen molar-refractivity contribution in [2.24, 2.45) is 17.8 Å². The average molecular weight is 240 g/mol. The van der Waals surface area contributed by atoms with Gasteiger partial charge in [-0.2, -0.15) is 0 Å². The van der Waals surface area contributed by atoms with E-state index in [9.17, 15) is 0 Å². The van der Waals surface area contributed by atoms with E-state index < -0.39 is 0 Å². The number of hydrogen-bond acceptors (Lipinski definition) is 2. The number of likely N-dealkylation sites (tertiary alicyclic amines) is 1. The Bertz CT molecular complexity index is 201. The van der Waals surface area contributed by atoms with E-state index in [0.717, 1.165) is 36.9 Å². The van der Waals surface area contributed by atoms with E-state index in [1.165, 1.54) is 25.9 Å². The third-order valence-corrected chi connectivity index (χ3v) is 4.04. The molecule has 0 spiro atoms. The summed E-state index contributed by atoms with van der Waals surface area (Å²) in [7, 11) is 0. The van der Waals surface area contributed by atoms with Crippen LogP contribution in [0.15, 0.2) is 0 Å². The number of hydrogen-bond donors (Lipinski definition) is 1. The van der Waals surface area contributed by atoms with E-state index in [0.29, 0.717) is 0 Å². The minimum absolute atomic E-state index is 0.727. The van der Waals surface area contributed by atoms with Crippen LogP contribution in [0.5, 0.6) is 0 Å². The Hall–Kier alpha value is -0.0800. The third kappa shape index (κ3) is 4.97. The molecule has 2 nitrogen and oxygen atoms in total. The van der Waals surface area contributed by atoms with Gasteiger partial charge >= 0.3 is 0 Å². The highest BCUT2D eigenvalue weighted by atomic mass is 15.2. The van der Waals surface area contributed by atoms with Crippen LogP contribution in [0.4, 0.5) is 0 Å². The number of nitrogens with one attached hydrogen (secondary N) is 1. The third-order valence-electron chi connectivity index (χ3n) is 4.04. The van der Waals surface area contributed by atoms with Crippen LogP contribution in [0.1, 0.15) is 47.5 Å². The minimum atomic E-state index is 0.727. The predicted molar refractivity (Wildman–Crippen MR) is 76.3 cm³/mol. The molecule has 1 rings (SSSR count). The second-order valence-electron chi connectivity index (χ2n) is 6.42. The molecule has 0 radical (unpaired) electrons. The lowest BCUT2D eigenvalue weighted by Gasteiger charge is -2.31. The lowest BCUT2D eigenvalue weighted by atomic mass is 10.0. The van der Waals surface area contributed by atoms with Crippen LogP contribution in [0, 0.1) is 17.8 Å². The van der Waals surface area contributed by atoms with E-state index in [1.807, 2.05) is 0 Å². The van der Waals surface area contributed by atoms with Crippen LogP contribution < -0.4 is 5.32 Å². The maximum Gasteiger partial charge on any atom is 0.0243 e. The van der Waals surface area contributed by atoms with Gasteiger partial charge in [-0.3, -0.25) is 4.90 Å². The zero-order valence-electron chi connectivity index (χ0n) is 12.5. The second kappa shape index (κ2) is 7.38. The Labute approximate surface area is 108 Å². The lowest BCUT2D eigenvalue weighted by Crippen LogP contribution is -2.45. The lowest BCUT2D eigenvalue weighted by molar-refractivity contribution is 0.179. The van der Waals surface area contributed by atoms with Crippen LogP contribution in [0.2, 0.25) is 0 Å². The first kappa shape index (κ1) is 15.0. The summed E-state index contributed by atoms with van der Waals surface area (Å²) in [4.78, 5) is 2.71. The van der Waals surface area contributed by atoms with Gasteiger partial charge in [0.2, 0.25) is 0 Å². The molecule has 102 valence electrons. The van der Waals surface area contributed by atoms with Gasteiger partial charge in [0, 0.05) is 19.1 Å². The Morgan fingerprint density at radius 3 is 2.35 bits per heavy atom. The second-order valence-corrected chi connectivity index (χ2v) is 6.42. The zero-order valence-corrected chi connectivity index (χ0v) is 12.5. The van der Waals surface area contributed by atoms with E-state index in [1.54, 1.807) is 0 Å². The first-order valence-electron chi connectivity index (χ1n) is 7.49. The molecule has 1 heterocycles. The summed E-state index contributed by atoms with van der Waals surface area (Å²) in [5.74, 6) is 2.45. The minimum Gasteiger partial charge on any atom is -0.315 e. The summed E-state index contributed by atoms with van der Waals surface area (Å²) >= 11 is 0. The van der Waals surface area contributed by atoms with Crippen LogP contribution in [0.3, 0.4) is 0 Å². The maximum absolute atomic E-state index is 3.63. The van der Waals surface area contributed by atoms with Gasteiger partial charge in [0.05, 0.1) is 0 Å². The molecule has 17 heavy (non-hydrogen) atoms. The van der Waals surface area contributed by atoms with Gasteiger partial charge in [-0.25, -0.2) is 0 Å². The molecule has 1 aliphatic heterocycles. The van der Waals surface area contributed by atoms with Crippen LogP contribution in [0.25, 0.3) is 0 Å². The van der Waals surface area contributed by atoms with Crippen molar-refractivity contribution >= 4 is 0 Å². The Balaban J connectivity index is 2.38. The Morgan fingerprint density at radius 2 is 1.88 bits per heavy atom. The highest BCUT2D eigenvalue weighted by Crippen LogP contribution is 2.23. The van der Waals surface area contributed by atoms with E-state index in [4.69, 9.17) is 0 Å². The van der Waals surface area contributed by atoms with E-state index >= 15 is 0 Å². The van der Waals surface area contributed by atoms with Crippen molar-refractivity contribution in [1.82, 2.24) is 10.2 Å². The monoisotopic (exact) mass is 240 g/mol. The Kier molecular flexibility index (Phi) is 6.50. The standard InChI is InChI=1S/C15H32N2/c1-6-14-7-8-17(11-14)15(13(4)5)10-16-9-12(2)3/h12-16H,6-11H2,1-5H3. The Morgan fingerprint density at radius 1 is 1.18 bits per heavy atom. The first-order chi connectivity index (χ1) is 8.04. The SMILES string of the molecule is CCC1CCN(C(CNCC(C)C)C(C)C)C1. The van der Waals surface area contributed by atoms with E-state index in [-0.39, 0.29) is 0 Å². The first-order valence-corrected chi connectivity index (χ1v) is 7.49. The fourth-order valence-corrected chi connectivity index (χ4v) is 2.80. The van der Waals surface area contributed by atoms with E-state index in [2.05, 4.69) is 44.8 Å². The molecule has 2 atom stereocenters. The molecular formula is C15H32N2. The molecule has 0 bridgehead atoms. The molecule has 0 aliphatic carbocycles. The highest BCUT2D eigenvalue weighted by molar-refractivity contribution is 4.84.